The van der Waals surface area contributed by atoms with E-state index in [1.807, 2.05) is 18.1 Å². The average Bonchev–Trinajstić information content (AvgIpc) is 2.86. The number of thioether (sulfide) groups is 1. The van der Waals surface area contributed by atoms with Crippen molar-refractivity contribution in [1.82, 2.24) is 15.2 Å². The molecule has 1 aromatic rings. The number of nitrogens with one attached hydrogen (secondary N) is 1. The Morgan fingerprint density at radius 1 is 1.50 bits per heavy atom. The molecule has 1 aliphatic heterocycles. The van der Waals surface area contributed by atoms with Gasteiger partial charge in [-0.05, 0) is 26.0 Å². The second-order valence-corrected chi connectivity index (χ2v) is 6.55. The molecule has 20 heavy (non-hydrogen) atoms. The van der Waals surface area contributed by atoms with E-state index in [2.05, 4.69) is 10.3 Å². The third-order valence-electron chi connectivity index (χ3n) is 3.40. The molecule has 2 rings (SSSR count). The van der Waals surface area contributed by atoms with Gasteiger partial charge in [0.1, 0.15) is 4.88 Å². The van der Waals surface area contributed by atoms with Crippen molar-refractivity contribution in [2.45, 2.75) is 25.8 Å². The molecule has 5 nitrogen and oxygen atoms in total. The molecule has 0 aromatic carbocycles. The number of hydrogen-bond acceptors (Lipinski definition) is 5. The zero-order valence-electron chi connectivity index (χ0n) is 11.7. The standard InChI is InChI=1S/C13H19N3O2S2/c1-9-12(20-8-14-9)13(18)15-10-3-5-16(6-4-10)11(17)7-19-2/h8,10H,3-7H2,1-2H3,(H,15,18). The fraction of sp³-hybridized carbons (Fsp3) is 0.615. The van der Waals surface area contributed by atoms with Crippen LogP contribution in [0.2, 0.25) is 0 Å². The molecule has 1 aliphatic rings. The second-order valence-electron chi connectivity index (χ2n) is 4.83. The van der Waals surface area contributed by atoms with E-state index in [4.69, 9.17) is 0 Å². The van der Waals surface area contributed by atoms with E-state index in [-0.39, 0.29) is 17.9 Å². The molecule has 2 heterocycles. The molecule has 0 bridgehead atoms. The summed E-state index contributed by atoms with van der Waals surface area (Å²) in [6, 6.07) is 0.155. The van der Waals surface area contributed by atoms with Gasteiger partial charge in [-0.25, -0.2) is 4.98 Å². The average molecular weight is 313 g/mol. The van der Waals surface area contributed by atoms with Crippen LogP contribution >= 0.6 is 23.1 Å². The largest absolute Gasteiger partial charge is 0.348 e. The van der Waals surface area contributed by atoms with Crippen molar-refractivity contribution in [2.24, 2.45) is 0 Å². The lowest BCUT2D eigenvalue weighted by atomic mass is 10.0. The van der Waals surface area contributed by atoms with Crippen molar-refractivity contribution in [3.63, 3.8) is 0 Å². The van der Waals surface area contributed by atoms with Crippen molar-refractivity contribution in [3.8, 4) is 0 Å². The highest BCUT2D eigenvalue weighted by molar-refractivity contribution is 7.99. The summed E-state index contributed by atoms with van der Waals surface area (Å²) in [4.78, 5) is 30.5. The number of aromatic nitrogens is 1. The van der Waals surface area contributed by atoms with E-state index >= 15 is 0 Å². The van der Waals surface area contributed by atoms with E-state index in [0.29, 0.717) is 10.6 Å². The van der Waals surface area contributed by atoms with Gasteiger partial charge in [0.25, 0.3) is 5.91 Å². The van der Waals surface area contributed by atoms with Gasteiger partial charge in [0, 0.05) is 19.1 Å². The molecule has 1 fully saturated rings. The maximum Gasteiger partial charge on any atom is 0.263 e. The molecular formula is C13H19N3O2S2. The first kappa shape index (κ1) is 15.3. The molecule has 2 amide bonds. The maximum absolute atomic E-state index is 12.1. The highest BCUT2D eigenvalue weighted by Gasteiger charge is 2.24. The van der Waals surface area contributed by atoms with Gasteiger partial charge in [-0.3, -0.25) is 9.59 Å². The van der Waals surface area contributed by atoms with Crippen molar-refractivity contribution in [3.05, 3.63) is 16.1 Å². The highest BCUT2D eigenvalue weighted by atomic mass is 32.2. The van der Waals surface area contributed by atoms with Gasteiger partial charge < -0.3 is 10.2 Å². The first-order chi connectivity index (χ1) is 9.61. The van der Waals surface area contributed by atoms with Crippen LogP contribution in [-0.2, 0) is 4.79 Å². The molecule has 1 N–H and O–H groups in total. The molecule has 1 saturated heterocycles. The molecule has 1 aromatic heterocycles. The maximum atomic E-state index is 12.1. The monoisotopic (exact) mass is 313 g/mol. The first-order valence-corrected chi connectivity index (χ1v) is 8.87. The predicted molar refractivity (Wildman–Crippen MR) is 82.3 cm³/mol. The van der Waals surface area contributed by atoms with E-state index in [1.165, 1.54) is 11.3 Å². The van der Waals surface area contributed by atoms with Crippen LogP contribution in [0.1, 0.15) is 28.2 Å². The first-order valence-electron chi connectivity index (χ1n) is 6.59. The van der Waals surface area contributed by atoms with Gasteiger partial charge in [0.05, 0.1) is 17.0 Å². The van der Waals surface area contributed by atoms with E-state index in [0.717, 1.165) is 31.6 Å². The summed E-state index contributed by atoms with van der Waals surface area (Å²) in [6.45, 7) is 3.30. The van der Waals surface area contributed by atoms with Gasteiger partial charge >= 0.3 is 0 Å². The molecule has 0 radical (unpaired) electrons. The minimum Gasteiger partial charge on any atom is -0.348 e. The van der Waals surface area contributed by atoms with Crippen LogP contribution in [-0.4, -0.2) is 52.8 Å². The van der Waals surface area contributed by atoms with E-state index in [1.54, 1.807) is 17.3 Å². The van der Waals surface area contributed by atoms with Crippen molar-refractivity contribution in [1.29, 1.82) is 0 Å². The van der Waals surface area contributed by atoms with Crippen molar-refractivity contribution in [2.75, 3.05) is 25.1 Å². The summed E-state index contributed by atoms with van der Waals surface area (Å²) >= 11 is 2.92. The Labute approximate surface area is 127 Å². The molecule has 0 atom stereocenters. The van der Waals surface area contributed by atoms with Crippen LogP contribution in [0, 0.1) is 6.92 Å². The number of carbonyl (C=O) groups excluding carboxylic acids is 2. The van der Waals surface area contributed by atoms with Gasteiger partial charge in [-0.2, -0.15) is 11.8 Å². The molecule has 0 saturated carbocycles. The molecule has 110 valence electrons. The minimum atomic E-state index is -0.0427. The normalized spacial score (nSPS) is 16.2. The molecule has 0 spiro atoms. The van der Waals surface area contributed by atoms with Gasteiger partial charge in [-0.1, -0.05) is 0 Å². The topological polar surface area (TPSA) is 62.3 Å². The molecular weight excluding hydrogens is 294 g/mol. The lowest BCUT2D eigenvalue weighted by molar-refractivity contribution is -0.129. The quantitative estimate of drug-likeness (QED) is 0.916. The molecule has 7 heteroatoms. The summed E-state index contributed by atoms with van der Waals surface area (Å²) in [5, 5.41) is 3.04. The lowest BCUT2D eigenvalue weighted by Crippen LogP contribution is -2.47. The fourth-order valence-electron chi connectivity index (χ4n) is 2.26. The minimum absolute atomic E-state index is 0.0427. The lowest BCUT2D eigenvalue weighted by Gasteiger charge is -2.32. The van der Waals surface area contributed by atoms with Crippen LogP contribution in [0.3, 0.4) is 0 Å². The van der Waals surface area contributed by atoms with Crippen molar-refractivity contribution >= 4 is 34.9 Å². The number of thiazole rings is 1. The van der Waals surface area contributed by atoms with Crippen LogP contribution in [0.5, 0.6) is 0 Å². The highest BCUT2D eigenvalue weighted by Crippen LogP contribution is 2.15. The Hall–Kier alpha value is -1.08. The fourth-order valence-corrected chi connectivity index (χ4v) is 3.39. The number of amides is 2. The van der Waals surface area contributed by atoms with Crippen molar-refractivity contribution < 1.29 is 9.59 Å². The predicted octanol–water partition coefficient (Wildman–Crippen LogP) is 1.54. The number of hydrogen-bond donors (Lipinski definition) is 1. The Morgan fingerprint density at radius 3 is 2.75 bits per heavy atom. The zero-order chi connectivity index (χ0) is 14.5. The van der Waals surface area contributed by atoms with Crippen LogP contribution < -0.4 is 5.32 Å². The Bertz CT molecular complexity index is 482. The number of aryl methyl sites for hydroxylation is 1. The second kappa shape index (κ2) is 7.08. The number of piperidine rings is 1. The summed E-state index contributed by atoms with van der Waals surface area (Å²) < 4.78 is 0. The van der Waals surface area contributed by atoms with Gasteiger partial charge in [-0.15, -0.1) is 11.3 Å². The SMILES string of the molecule is CSCC(=O)N1CCC(NC(=O)c2scnc2C)CC1. The zero-order valence-corrected chi connectivity index (χ0v) is 13.4. The number of likely N-dealkylation sites (tertiary alicyclic amines) is 1. The summed E-state index contributed by atoms with van der Waals surface area (Å²) in [5.41, 5.74) is 2.47. The third-order valence-corrected chi connectivity index (χ3v) is 4.87. The Morgan fingerprint density at radius 2 is 2.20 bits per heavy atom. The van der Waals surface area contributed by atoms with Crippen LogP contribution in [0.15, 0.2) is 5.51 Å². The summed E-state index contributed by atoms with van der Waals surface area (Å²) in [7, 11) is 0. The van der Waals surface area contributed by atoms with Crippen LogP contribution in [0.25, 0.3) is 0 Å². The number of carbonyl (C=O) groups is 2. The summed E-state index contributed by atoms with van der Waals surface area (Å²) in [5.74, 6) is 0.691. The Kier molecular flexibility index (Phi) is 5.42. The Balaban J connectivity index is 1.81. The van der Waals surface area contributed by atoms with Gasteiger partial charge in [0.15, 0.2) is 0 Å². The van der Waals surface area contributed by atoms with Gasteiger partial charge in [0.2, 0.25) is 5.91 Å². The smallest absolute Gasteiger partial charge is 0.263 e. The van der Waals surface area contributed by atoms with E-state index in [9.17, 15) is 9.59 Å². The van der Waals surface area contributed by atoms with Crippen LogP contribution in [0.4, 0.5) is 0 Å². The summed E-state index contributed by atoms with van der Waals surface area (Å²) in [6.07, 6.45) is 3.58. The number of nitrogens with zero attached hydrogens (tertiary/aromatic N) is 2. The molecule has 0 unspecified atom stereocenters. The third kappa shape index (κ3) is 3.73. The van der Waals surface area contributed by atoms with E-state index < -0.39 is 0 Å². The number of rotatable bonds is 4. The molecule has 0 aliphatic carbocycles.